The summed E-state index contributed by atoms with van der Waals surface area (Å²) in [4.78, 5) is 20.9. The third-order valence-corrected chi connectivity index (χ3v) is 6.70. The molecule has 2 aromatic rings. The summed E-state index contributed by atoms with van der Waals surface area (Å²) in [5.41, 5.74) is 4.73. The molecule has 4 rings (SSSR count). The number of aliphatic imine (C=N–C) groups is 1. The van der Waals surface area contributed by atoms with E-state index in [0.29, 0.717) is 24.6 Å². The fourth-order valence-corrected chi connectivity index (χ4v) is 4.99. The first kappa shape index (κ1) is 24.4. The molecule has 1 unspecified atom stereocenters. The minimum atomic E-state index is 0.155. The van der Waals surface area contributed by atoms with Gasteiger partial charge in [0, 0.05) is 61.5 Å². The van der Waals surface area contributed by atoms with Crippen molar-refractivity contribution < 1.29 is 4.74 Å². The largest absolute Gasteiger partial charge is 0.484 e. The lowest BCUT2D eigenvalue weighted by Crippen LogP contribution is -2.50. The maximum absolute atomic E-state index is 11.4. The molecule has 0 amide bonds. The molecule has 8 nitrogen and oxygen atoms in total. The molecule has 2 aliphatic heterocycles. The summed E-state index contributed by atoms with van der Waals surface area (Å²) in [5.74, 6) is 0.602. The Kier molecular flexibility index (Phi) is 7.78. The number of benzene rings is 2. The zero-order valence-corrected chi connectivity index (χ0v) is 20.6. The molecule has 0 radical (unpaired) electrons. The van der Waals surface area contributed by atoms with Crippen molar-refractivity contribution in [3.05, 3.63) is 64.3 Å². The smallest absolute Gasteiger partial charge is 0.184 e. The van der Waals surface area contributed by atoms with Gasteiger partial charge in [-0.1, -0.05) is 30.3 Å². The van der Waals surface area contributed by atoms with Crippen LogP contribution in [0.4, 0.5) is 11.4 Å². The topological polar surface area (TPSA) is 93.3 Å². The standard InChI is InChI=1S/C27H32N6O2/c1-4-26(33-14-12-29-21(17-33)9-11-28)24-10-13-32(18-25(24)30-19(2)35-3)27-16-22(31-34)15-20-7-5-6-8-23(20)27/h4-8,15-16,21,29H,9-10,12-14,17-18H2,1-3H3/b26-4-,30-19?. The molecule has 2 aromatic carbocycles. The van der Waals surface area contributed by atoms with Crippen molar-refractivity contribution in [3.63, 3.8) is 0 Å². The van der Waals surface area contributed by atoms with Crippen LogP contribution in [0.15, 0.2) is 69.6 Å². The second-order valence-corrected chi connectivity index (χ2v) is 8.84. The van der Waals surface area contributed by atoms with E-state index < -0.39 is 0 Å². The summed E-state index contributed by atoms with van der Waals surface area (Å²) in [6.07, 6.45) is 3.45. The molecule has 8 heteroatoms. The molecule has 0 aromatic heterocycles. The van der Waals surface area contributed by atoms with E-state index >= 15 is 0 Å². The lowest BCUT2D eigenvalue weighted by Gasteiger charge is -2.39. The predicted octanol–water partition coefficient (Wildman–Crippen LogP) is 4.86. The highest BCUT2D eigenvalue weighted by molar-refractivity contribution is 5.97. The molecule has 0 spiro atoms. The van der Waals surface area contributed by atoms with Crippen LogP contribution >= 0.6 is 0 Å². The highest BCUT2D eigenvalue weighted by Crippen LogP contribution is 2.36. The number of hydrogen-bond acceptors (Lipinski definition) is 8. The number of nitriles is 1. The van der Waals surface area contributed by atoms with Gasteiger partial charge >= 0.3 is 0 Å². The quantitative estimate of drug-likeness (QED) is 0.367. The average Bonchev–Trinajstić information content (AvgIpc) is 2.89. The van der Waals surface area contributed by atoms with Crippen molar-refractivity contribution in [3.8, 4) is 6.07 Å². The Morgan fingerprint density at radius 2 is 2.14 bits per heavy atom. The Balaban J connectivity index is 1.73. The molecule has 0 aliphatic carbocycles. The molecule has 0 bridgehead atoms. The molecule has 182 valence electrons. The summed E-state index contributed by atoms with van der Waals surface area (Å²) in [6.45, 7) is 7.82. The van der Waals surface area contributed by atoms with Gasteiger partial charge in [0.05, 0.1) is 31.8 Å². The Hall–Kier alpha value is -3.70. The number of ether oxygens (including phenoxy) is 1. The van der Waals surface area contributed by atoms with E-state index in [2.05, 4.69) is 45.4 Å². The summed E-state index contributed by atoms with van der Waals surface area (Å²) < 4.78 is 5.42. The van der Waals surface area contributed by atoms with Crippen LogP contribution in [0.25, 0.3) is 10.8 Å². The number of nitroso groups, excluding NO2 is 1. The Labute approximate surface area is 206 Å². The van der Waals surface area contributed by atoms with Crippen LogP contribution < -0.4 is 10.2 Å². The van der Waals surface area contributed by atoms with Crippen molar-refractivity contribution in [1.29, 1.82) is 5.26 Å². The number of anilines is 1. The van der Waals surface area contributed by atoms with Crippen LogP contribution in [0, 0.1) is 16.2 Å². The van der Waals surface area contributed by atoms with Gasteiger partial charge in [-0.05, 0) is 36.0 Å². The minimum Gasteiger partial charge on any atom is -0.484 e. The second-order valence-electron chi connectivity index (χ2n) is 8.84. The molecule has 0 saturated carbocycles. The zero-order valence-electron chi connectivity index (χ0n) is 20.6. The van der Waals surface area contributed by atoms with E-state index in [1.165, 1.54) is 11.3 Å². The van der Waals surface area contributed by atoms with Crippen LogP contribution in [0.1, 0.15) is 26.7 Å². The van der Waals surface area contributed by atoms with Gasteiger partial charge in [-0.15, -0.1) is 4.91 Å². The number of fused-ring (bicyclic) bond motifs is 1. The summed E-state index contributed by atoms with van der Waals surface area (Å²) >= 11 is 0. The molecule has 1 atom stereocenters. The van der Waals surface area contributed by atoms with Gasteiger partial charge in [-0.2, -0.15) is 5.26 Å². The number of allylic oxidation sites excluding steroid dienone is 2. The van der Waals surface area contributed by atoms with E-state index in [-0.39, 0.29) is 6.04 Å². The number of hydrogen-bond donors (Lipinski definition) is 1. The van der Waals surface area contributed by atoms with Crippen LogP contribution in [0.5, 0.6) is 0 Å². The van der Waals surface area contributed by atoms with Crippen molar-refractivity contribution in [2.24, 2.45) is 10.2 Å². The maximum atomic E-state index is 11.4. The molecule has 2 heterocycles. The van der Waals surface area contributed by atoms with Crippen LogP contribution in [-0.4, -0.2) is 56.7 Å². The fourth-order valence-electron chi connectivity index (χ4n) is 4.99. The Morgan fingerprint density at radius 1 is 1.31 bits per heavy atom. The average molecular weight is 473 g/mol. The summed E-state index contributed by atoms with van der Waals surface area (Å²) in [5, 5.41) is 17.9. The van der Waals surface area contributed by atoms with Gasteiger partial charge in [0.25, 0.3) is 0 Å². The minimum absolute atomic E-state index is 0.155. The first-order valence-corrected chi connectivity index (χ1v) is 12.0. The molecule has 1 saturated heterocycles. The van der Waals surface area contributed by atoms with E-state index in [1.807, 2.05) is 37.3 Å². The Morgan fingerprint density at radius 3 is 2.89 bits per heavy atom. The van der Waals surface area contributed by atoms with Gasteiger partial charge in [0.2, 0.25) is 0 Å². The fraction of sp³-hybridized carbons (Fsp3) is 0.407. The third-order valence-electron chi connectivity index (χ3n) is 6.70. The highest BCUT2D eigenvalue weighted by Gasteiger charge is 2.28. The van der Waals surface area contributed by atoms with Crippen molar-refractivity contribution in [2.45, 2.75) is 32.7 Å². The first-order valence-electron chi connectivity index (χ1n) is 12.0. The zero-order chi connectivity index (χ0) is 24.8. The monoisotopic (exact) mass is 472 g/mol. The second kappa shape index (κ2) is 11.2. The van der Waals surface area contributed by atoms with Gasteiger partial charge < -0.3 is 19.9 Å². The van der Waals surface area contributed by atoms with E-state index in [0.717, 1.165) is 54.8 Å². The normalized spacial score (nSPS) is 19.7. The predicted molar refractivity (Wildman–Crippen MR) is 141 cm³/mol. The number of piperazine rings is 1. The maximum Gasteiger partial charge on any atom is 0.184 e. The van der Waals surface area contributed by atoms with Gasteiger partial charge in [0.15, 0.2) is 5.90 Å². The third kappa shape index (κ3) is 5.36. The first-order chi connectivity index (χ1) is 17.1. The number of nitrogens with zero attached hydrogens (tertiary/aromatic N) is 5. The summed E-state index contributed by atoms with van der Waals surface area (Å²) in [7, 11) is 1.63. The molecule has 2 aliphatic rings. The van der Waals surface area contributed by atoms with E-state index in [4.69, 9.17) is 9.73 Å². The van der Waals surface area contributed by atoms with Gasteiger partial charge in [0.1, 0.15) is 5.69 Å². The van der Waals surface area contributed by atoms with E-state index in [9.17, 15) is 10.2 Å². The van der Waals surface area contributed by atoms with Crippen molar-refractivity contribution >= 4 is 28.0 Å². The molecular formula is C27H32N6O2. The van der Waals surface area contributed by atoms with Crippen LogP contribution in [0.2, 0.25) is 0 Å². The molecular weight excluding hydrogens is 440 g/mol. The van der Waals surface area contributed by atoms with Crippen molar-refractivity contribution in [2.75, 3.05) is 44.7 Å². The van der Waals surface area contributed by atoms with Gasteiger partial charge in [-0.25, -0.2) is 4.99 Å². The van der Waals surface area contributed by atoms with E-state index in [1.54, 1.807) is 7.11 Å². The van der Waals surface area contributed by atoms with Crippen LogP contribution in [0.3, 0.4) is 0 Å². The molecule has 1 fully saturated rings. The Bertz CT molecular complexity index is 1230. The number of nitrogens with one attached hydrogen (secondary N) is 1. The lowest BCUT2D eigenvalue weighted by molar-refractivity contribution is 0.250. The molecule has 35 heavy (non-hydrogen) atoms. The highest BCUT2D eigenvalue weighted by atomic mass is 16.5. The summed E-state index contributed by atoms with van der Waals surface area (Å²) in [6, 6.07) is 14.2. The van der Waals surface area contributed by atoms with Crippen LogP contribution in [-0.2, 0) is 4.74 Å². The number of methoxy groups -OCH3 is 1. The lowest BCUT2D eigenvalue weighted by atomic mass is 9.97. The molecule has 1 N–H and O–H groups in total. The van der Waals surface area contributed by atoms with Crippen molar-refractivity contribution in [1.82, 2.24) is 10.2 Å². The SMILES string of the molecule is C/C=C(/C1=C(N=C(C)OC)CN(c2cc(N=O)cc3ccccc23)CC1)N1CCNC(CC#N)C1. The van der Waals surface area contributed by atoms with Gasteiger partial charge in [-0.3, -0.25) is 0 Å². The number of rotatable bonds is 6.